The minimum absolute atomic E-state index is 0.398. The number of aryl methyl sites for hydroxylation is 2. The normalized spacial score (nSPS) is 16.2. The number of rotatable bonds is 3. The number of nitrogens with zero attached hydrogens (tertiary/aromatic N) is 1. The van der Waals surface area contributed by atoms with Gasteiger partial charge in [-0.1, -0.05) is 18.2 Å². The van der Waals surface area contributed by atoms with E-state index in [1.54, 1.807) is 0 Å². The van der Waals surface area contributed by atoms with Crippen molar-refractivity contribution < 1.29 is 9.47 Å². The summed E-state index contributed by atoms with van der Waals surface area (Å²) < 4.78 is 11.3. The fraction of sp³-hybridized carbons (Fsp3) is 0.350. The fourth-order valence-corrected chi connectivity index (χ4v) is 3.33. The Hall–Kier alpha value is -2.69. The van der Waals surface area contributed by atoms with Crippen LogP contribution >= 0.6 is 0 Å². The number of fused-ring (bicyclic) bond motifs is 2. The lowest BCUT2D eigenvalue weighted by molar-refractivity contribution is 0.297. The SMILES string of the molecule is NC(=NCc1ccc2c(c1)CCC2)Nc1ccc2c(c1)OCCCO2. The molecular formula is C20H23N3O2. The highest BCUT2D eigenvalue weighted by Crippen LogP contribution is 2.32. The van der Waals surface area contributed by atoms with E-state index in [2.05, 4.69) is 28.5 Å². The van der Waals surface area contributed by atoms with Crippen LogP contribution in [0, 0.1) is 0 Å². The van der Waals surface area contributed by atoms with E-state index in [0.29, 0.717) is 25.7 Å². The van der Waals surface area contributed by atoms with Crippen LogP contribution in [0.2, 0.25) is 0 Å². The molecule has 2 aromatic carbocycles. The molecule has 130 valence electrons. The molecule has 0 unspecified atom stereocenters. The predicted octanol–water partition coefficient (Wildman–Crippen LogP) is 3.26. The molecule has 0 saturated carbocycles. The lowest BCUT2D eigenvalue weighted by Gasteiger charge is -2.11. The van der Waals surface area contributed by atoms with Gasteiger partial charge in [0.2, 0.25) is 0 Å². The summed E-state index contributed by atoms with van der Waals surface area (Å²) in [5, 5.41) is 3.13. The van der Waals surface area contributed by atoms with E-state index in [1.165, 1.54) is 36.0 Å². The number of aliphatic imine (C=N–C) groups is 1. The Morgan fingerprint density at radius 1 is 0.960 bits per heavy atom. The number of ether oxygens (including phenoxy) is 2. The smallest absolute Gasteiger partial charge is 0.193 e. The summed E-state index contributed by atoms with van der Waals surface area (Å²) in [5.41, 5.74) is 11.0. The first-order valence-electron chi connectivity index (χ1n) is 8.85. The maximum absolute atomic E-state index is 6.04. The quantitative estimate of drug-likeness (QED) is 0.666. The third-order valence-corrected chi connectivity index (χ3v) is 4.61. The second-order valence-electron chi connectivity index (χ2n) is 6.50. The van der Waals surface area contributed by atoms with Crippen molar-refractivity contribution in [2.75, 3.05) is 18.5 Å². The van der Waals surface area contributed by atoms with E-state index in [-0.39, 0.29) is 0 Å². The predicted molar refractivity (Wildman–Crippen MR) is 99.5 cm³/mol. The topological polar surface area (TPSA) is 68.9 Å². The Kier molecular flexibility index (Phi) is 4.46. The second kappa shape index (κ2) is 7.05. The molecule has 0 saturated heterocycles. The Morgan fingerprint density at radius 3 is 2.72 bits per heavy atom. The molecule has 1 aliphatic heterocycles. The van der Waals surface area contributed by atoms with E-state index < -0.39 is 0 Å². The molecule has 0 atom stereocenters. The first-order chi connectivity index (χ1) is 12.3. The number of hydrogen-bond acceptors (Lipinski definition) is 3. The Balaban J connectivity index is 1.42. The van der Waals surface area contributed by atoms with Gasteiger partial charge in [-0.3, -0.25) is 0 Å². The Morgan fingerprint density at radius 2 is 1.80 bits per heavy atom. The highest BCUT2D eigenvalue weighted by Gasteiger charge is 2.12. The van der Waals surface area contributed by atoms with Crippen LogP contribution in [0.5, 0.6) is 11.5 Å². The Bertz CT molecular complexity index is 802. The number of nitrogens with two attached hydrogens (primary N) is 1. The largest absolute Gasteiger partial charge is 0.490 e. The molecule has 0 radical (unpaired) electrons. The van der Waals surface area contributed by atoms with Gasteiger partial charge in [-0.2, -0.15) is 0 Å². The highest BCUT2D eigenvalue weighted by molar-refractivity contribution is 5.92. The maximum Gasteiger partial charge on any atom is 0.193 e. The summed E-state index contributed by atoms with van der Waals surface area (Å²) in [4.78, 5) is 4.46. The van der Waals surface area contributed by atoms with Crippen LogP contribution in [0.4, 0.5) is 5.69 Å². The van der Waals surface area contributed by atoms with Gasteiger partial charge >= 0.3 is 0 Å². The lowest BCUT2D eigenvalue weighted by atomic mass is 10.1. The average molecular weight is 337 g/mol. The van der Waals surface area contributed by atoms with Crippen LogP contribution in [-0.4, -0.2) is 19.2 Å². The molecule has 0 bridgehead atoms. The highest BCUT2D eigenvalue weighted by atomic mass is 16.5. The van der Waals surface area contributed by atoms with Crippen LogP contribution in [0.3, 0.4) is 0 Å². The maximum atomic E-state index is 6.04. The third-order valence-electron chi connectivity index (χ3n) is 4.61. The van der Waals surface area contributed by atoms with E-state index in [0.717, 1.165) is 23.6 Å². The number of guanidine groups is 1. The third kappa shape index (κ3) is 3.71. The molecular weight excluding hydrogens is 314 g/mol. The molecule has 5 heteroatoms. The van der Waals surface area contributed by atoms with E-state index >= 15 is 0 Å². The minimum Gasteiger partial charge on any atom is -0.490 e. The number of nitrogens with one attached hydrogen (secondary N) is 1. The molecule has 0 spiro atoms. The lowest BCUT2D eigenvalue weighted by Crippen LogP contribution is -2.22. The fourth-order valence-electron chi connectivity index (χ4n) is 3.33. The van der Waals surface area contributed by atoms with Crippen molar-refractivity contribution in [3.63, 3.8) is 0 Å². The zero-order valence-electron chi connectivity index (χ0n) is 14.3. The van der Waals surface area contributed by atoms with Gasteiger partial charge in [0.05, 0.1) is 19.8 Å². The Labute approximate surface area is 147 Å². The van der Waals surface area contributed by atoms with Crippen molar-refractivity contribution in [1.82, 2.24) is 0 Å². The van der Waals surface area contributed by atoms with Crippen LogP contribution < -0.4 is 20.5 Å². The number of hydrogen-bond donors (Lipinski definition) is 2. The average Bonchev–Trinajstić information content (AvgIpc) is 2.96. The van der Waals surface area contributed by atoms with Crippen LogP contribution in [-0.2, 0) is 19.4 Å². The van der Waals surface area contributed by atoms with Crippen LogP contribution in [0.25, 0.3) is 0 Å². The van der Waals surface area contributed by atoms with Gasteiger partial charge < -0.3 is 20.5 Å². The standard InChI is InChI=1S/C20H23N3O2/c21-20(22-13-14-5-6-15-3-1-4-16(15)11-14)23-17-7-8-18-19(12-17)25-10-2-9-24-18/h5-8,11-12H,1-4,9-10,13H2,(H3,21,22,23). The molecule has 25 heavy (non-hydrogen) atoms. The molecule has 0 aromatic heterocycles. The summed E-state index contributed by atoms with van der Waals surface area (Å²) in [6.45, 7) is 1.93. The monoisotopic (exact) mass is 337 g/mol. The van der Waals surface area contributed by atoms with Gasteiger partial charge in [-0.05, 0) is 48.1 Å². The molecule has 2 aromatic rings. The van der Waals surface area contributed by atoms with Crippen molar-refractivity contribution in [1.29, 1.82) is 0 Å². The van der Waals surface area contributed by atoms with Gasteiger partial charge in [0, 0.05) is 18.2 Å². The van der Waals surface area contributed by atoms with Crippen molar-refractivity contribution in [3.05, 3.63) is 53.1 Å². The molecule has 4 rings (SSSR count). The summed E-state index contributed by atoms with van der Waals surface area (Å²) in [7, 11) is 0. The minimum atomic E-state index is 0.398. The molecule has 1 heterocycles. The first kappa shape index (κ1) is 15.8. The summed E-state index contributed by atoms with van der Waals surface area (Å²) >= 11 is 0. The summed E-state index contributed by atoms with van der Waals surface area (Å²) in [5.74, 6) is 1.92. The molecule has 2 aliphatic rings. The van der Waals surface area contributed by atoms with Crippen LogP contribution in [0.1, 0.15) is 29.5 Å². The second-order valence-corrected chi connectivity index (χ2v) is 6.50. The van der Waals surface area contributed by atoms with Gasteiger partial charge in [-0.15, -0.1) is 0 Å². The first-order valence-corrected chi connectivity index (χ1v) is 8.85. The van der Waals surface area contributed by atoms with Crippen molar-refractivity contribution in [2.45, 2.75) is 32.2 Å². The van der Waals surface area contributed by atoms with Crippen LogP contribution in [0.15, 0.2) is 41.4 Å². The van der Waals surface area contributed by atoms with Gasteiger partial charge in [0.15, 0.2) is 17.5 Å². The van der Waals surface area contributed by atoms with E-state index in [4.69, 9.17) is 15.2 Å². The van der Waals surface area contributed by atoms with Gasteiger partial charge in [0.25, 0.3) is 0 Å². The van der Waals surface area contributed by atoms with E-state index in [1.807, 2.05) is 18.2 Å². The zero-order valence-corrected chi connectivity index (χ0v) is 14.3. The van der Waals surface area contributed by atoms with Crippen molar-refractivity contribution in [3.8, 4) is 11.5 Å². The zero-order chi connectivity index (χ0) is 17.1. The molecule has 0 amide bonds. The molecule has 0 fully saturated rings. The number of anilines is 1. The molecule has 1 aliphatic carbocycles. The van der Waals surface area contributed by atoms with Gasteiger partial charge in [0.1, 0.15) is 0 Å². The van der Waals surface area contributed by atoms with Gasteiger partial charge in [-0.25, -0.2) is 4.99 Å². The molecule has 5 nitrogen and oxygen atoms in total. The van der Waals surface area contributed by atoms with Crippen molar-refractivity contribution in [2.24, 2.45) is 10.7 Å². The van der Waals surface area contributed by atoms with E-state index in [9.17, 15) is 0 Å². The molecule has 3 N–H and O–H groups in total. The number of benzene rings is 2. The summed E-state index contributed by atoms with van der Waals surface area (Å²) in [6.07, 6.45) is 4.53. The van der Waals surface area contributed by atoms with Crippen molar-refractivity contribution >= 4 is 11.6 Å². The summed E-state index contributed by atoms with van der Waals surface area (Å²) in [6, 6.07) is 12.3.